The van der Waals surface area contributed by atoms with Gasteiger partial charge in [0.15, 0.2) is 0 Å². The Hall–Kier alpha value is -0.980. The molecule has 104 valence electrons. The molecule has 18 heavy (non-hydrogen) atoms. The highest BCUT2D eigenvalue weighted by Crippen LogP contribution is 2.25. The van der Waals surface area contributed by atoms with Gasteiger partial charge < -0.3 is 20.1 Å². The van der Waals surface area contributed by atoms with Gasteiger partial charge in [0.25, 0.3) is 0 Å². The molecule has 0 saturated carbocycles. The number of aliphatic hydroxyl groups excluding tert-OH is 1. The number of ether oxygens (including phenoxy) is 1. The van der Waals surface area contributed by atoms with E-state index >= 15 is 0 Å². The summed E-state index contributed by atoms with van der Waals surface area (Å²) in [5.41, 5.74) is 0. The van der Waals surface area contributed by atoms with Crippen molar-refractivity contribution in [2.24, 2.45) is 0 Å². The van der Waals surface area contributed by atoms with Crippen LogP contribution in [0.4, 0.5) is 0 Å². The molecule has 0 unspecified atom stereocenters. The Morgan fingerprint density at radius 1 is 1.28 bits per heavy atom. The molecule has 0 aromatic rings. The summed E-state index contributed by atoms with van der Waals surface area (Å²) < 4.78 is 4.90. The molecular weight excluding hydrogens is 240 g/mol. The van der Waals surface area contributed by atoms with Crippen LogP contribution in [-0.2, 0) is 14.3 Å². The third-order valence-corrected chi connectivity index (χ3v) is 3.07. The molecule has 0 spiro atoms. The molecule has 0 aromatic heterocycles. The number of rotatable bonds is 8. The van der Waals surface area contributed by atoms with Crippen LogP contribution in [0.15, 0.2) is 0 Å². The minimum atomic E-state index is -1.82. The molecule has 0 aliphatic carbocycles. The van der Waals surface area contributed by atoms with Crippen LogP contribution >= 0.6 is 0 Å². The zero-order chi connectivity index (χ0) is 13.6. The maximum absolute atomic E-state index is 11.4. The summed E-state index contributed by atoms with van der Waals surface area (Å²) in [7, 11) is 0. The van der Waals surface area contributed by atoms with Crippen molar-refractivity contribution in [2.75, 3.05) is 6.61 Å². The molecule has 0 bridgehead atoms. The zero-order valence-electron chi connectivity index (χ0n) is 10.3. The van der Waals surface area contributed by atoms with Crippen LogP contribution in [0.2, 0.25) is 0 Å². The Bertz CT molecular complexity index is 303. The van der Waals surface area contributed by atoms with Crippen molar-refractivity contribution in [2.45, 2.75) is 56.8 Å². The molecule has 1 rings (SSSR count). The quantitative estimate of drug-likeness (QED) is 0.547. The molecule has 6 heteroatoms. The highest BCUT2D eigenvalue weighted by atomic mass is 16.6. The van der Waals surface area contributed by atoms with Gasteiger partial charge in [-0.05, 0) is 12.8 Å². The third-order valence-electron chi connectivity index (χ3n) is 3.07. The monoisotopic (exact) mass is 260 g/mol. The van der Waals surface area contributed by atoms with Gasteiger partial charge in [0.2, 0.25) is 11.6 Å². The number of carbonyl (C=O) groups excluding carboxylic acids is 1. The van der Waals surface area contributed by atoms with E-state index in [0.717, 1.165) is 19.3 Å². The van der Waals surface area contributed by atoms with E-state index in [-0.39, 0.29) is 19.4 Å². The van der Waals surface area contributed by atoms with E-state index < -0.39 is 23.6 Å². The molecular formula is C12H20O6. The zero-order valence-corrected chi connectivity index (χ0v) is 10.3. The van der Waals surface area contributed by atoms with Crippen LogP contribution in [0.3, 0.4) is 0 Å². The first-order chi connectivity index (χ1) is 8.46. The summed E-state index contributed by atoms with van der Waals surface area (Å²) in [5.74, 6) is -3.27. The molecule has 2 atom stereocenters. The Morgan fingerprint density at radius 2 is 1.89 bits per heavy atom. The van der Waals surface area contributed by atoms with Gasteiger partial charge in [-0.1, -0.05) is 19.3 Å². The fourth-order valence-electron chi connectivity index (χ4n) is 1.99. The van der Waals surface area contributed by atoms with E-state index in [1.807, 2.05) is 0 Å². The molecule has 1 fully saturated rings. The number of Topliss-reactive ketones (excluding diaryl/α,β-unsaturated/α-hetero) is 1. The Labute approximate surface area is 106 Å². The van der Waals surface area contributed by atoms with Crippen LogP contribution < -0.4 is 0 Å². The summed E-state index contributed by atoms with van der Waals surface area (Å²) in [6, 6.07) is 0. The number of aliphatic hydroxyl groups is 2. The topological polar surface area (TPSA) is 104 Å². The summed E-state index contributed by atoms with van der Waals surface area (Å²) in [6.45, 7) is -0.145. The van der Waals surface area contributed by atoms with E-state index in [0.29, 0.717) is 12.8 Å². The molecule has 6 nitrogen and oxygen atoms in total. The summed E-state index contributed by atoms with van der Waals surface area (Å²) >= 11 is 0. The third kappa shape index (κ3) is 4.36. The van der Waals surface area contributed by atoms with Crippen molar-refractivity contribution in [3.05, 3.63) is 0 Å². The van der Waals surface area contributed by atoms with E-state index in [4.69, 9.17) is 14.9 Å². The number of unbranched alkanes of at least 4 members (excludes halogenated alkanes) is 4. The first kappa shape index (κ1) is 15.1. The Kier molecular flexibility index (Phi) is 5.71. The molecule has 1 heterocycles. The standard InChI is InChI=1S/C12H20O6/c13-9-8-18-12(17,11(9)16)7-5-3-1-2-4-6-10(14)15/h9,13,17H,1-8H2,(H,14,15)/t9-,12-/m0/s1. The lowest BCUT2D eigenvalue weighted by atomic mass is 10.0. The molecule has 0 radical (unpaired) electrons. The SMILES string of the molecule is O=C(O)CCCCCCC[C@]1(O)OC[C@H](O)C1=O. The van der Waals surface area contributed by atoms with Gasteiger partial charge in [0, 0.05) is 12.8 Å². The first-order valence-corrected chi connectivity index (χ1v) is 6.26. The lowest BCUT2D eigenvalue weighted by Gasteiger charge is -2.19. The summed E-state index contributed by atoms with van der Waals surface area (Å²) in [6.07, 6.45) is 2.89. The Balaban J connectivity index is 2.08. The summed E-state index contributed by atoms with van der Waals surface area (Å²) in [4.78, 5) is 21.6. The molecule has 0 amide bonds. The molecule has 1 aliphatic heterocycles. The van der Waals surface area contributed by atoms with Gasteiger partial charge in [-0.15, -0.1) is 0 Å². The number of aliphatic carboxylic acids is 1. The summed E-state index contributed by atoms with van der Waals surface area (Å²) in [5, 5.41) is 27.4. The normalized spacial score (nSPS) is 27.7. The first-order valence-electron chi connectivity index (χ1n) is 6.26. The van der Waals surface area contributed by atoms with E-state index in [1.165, 1.54) is 0 Å². The van der Waals surface area contributed by atoms with Crippen LogP contribution in [-0.4, -0.2) is 45.6 Å². The van der Waals surface area contributed by atoms with Crippen molar-refractivity contribution in [3.8, 4) is 0 Å². The van der Waals surface area contributed by atoms with Gasteiger partial charge in [-0.3, -0.25) is 9.59 Å². The minimum Gasteiger partial charge on any atom is -0.481 e. The largest absolute Gasteiger partial charge is 0.481 e. The van der Waals surface area contributed by atoms with Gasteiger partial charge in [0.05, 0.1) is 6.61 Å². The lowest BCUT2D eigenvalue weighted by molar-refractivity contribution is -0.185. The fourth-order valence-corrected chi connectivity index (χ4v) is 1.99. The van der Waals surface area contributed by atoms with Crippen molar-refractivity contribution in [3.63, 3.8) is 0 Å². The van der Waals surface area contributed by atoms with E-state index in [9.17, 15) is 14.7 Å². The van der Waals surface area contributed by atoms with Gasteiger partial charge in [-0.25, -0.2) is 0 Å². The van der Waals surface area contributed by atoms with Crippen LogP contribution in [0.5, 0.6) is 0 Å². The van der Waals surface area contributed by atoms with Crippen molar-refractivity contribution in [1.82, 2.24) is 0 Å². The second-order valence-electron chi connectivity index (χ2n) is 4.64. The van der Waals surface area contributed by atoms with Crippen molar-refractivity contribution >= 4 is 11.8 Å². The second kappa shape index (κ2) is 6.82. The number of hydrogen-bond acceptors (Lipinski definition) is 5. The Morgan fingerprint density at radius 3 is 2.44 bits per heavy atom. The predicted molar refractivity (Wildman–Crippen MR) is 61.9 cm³/mol. The molecule has 0 aromatic carbocycles. The number of hydrogen-bond donors (Lipinski definition) is 3. The molecule has 1 aliphatic rings. The number of carbonyl (C=O) groups is 2. The number of ketones is 1. The number of carboxylic acid groups (broad SMARTS) is 1. The van der Waals surface area contributed by atoms with Gasteiger partial charge in [0.1, 0.15) is 6.10 Å². The predicted octanol–water partition coefficient (Wildman–Crippen LogP) is 0.451. The van der Waals surface area contributed by atoms with Crippen LogP contribution in [0, 0.1) is 0 Å². The second-order valence-corrected chi connectivity index (χ2v) is 4.64. The lowest BCUT2D eigenvalue weighted by Crippen LogP contribution is -2.38. The maximum Gasteiger partial charge on any atom is 0.303 e. The number of carboxylic acids is 1. The maximum atomic E-state index is 11.4. The van der Waals surface area contributed by atoms with Gasteiger partial charge >= 0.3 is 5.97 Å². The van der Waals surface area contributed by atoms with Crippen LogP contribution in [0.25, 0.3) is 0 Å². The fraction of sp³-hybridized carbons (Fsp3) is 0.833. The van der Waals surface area contributed by atoms with Crippen LogP contribution in [0.1, 0.15) is 44.9 Å². The molecule has 3 N–H and O–H groups in total. The highest BCUT2D eigenvalue weighted by Gasteiger charge is 2.46. The van der Waals surface area contributed by atoms with E-state index in [1.54, 1.807) is 0 Å². The molecule has 1 saturated heterocycles. The highest BCUT2D eigenvalue weighted by molar-refractivity contribution is 5.91. The van der Waals surface area contributed by atoms with E-state index in [2.05, 4.69) is 0 Å². The minimum absolute atomic E-state index is 0.145. The average molecular weight is 260 g/mol. The smallest absolute Gasteiger partial charge is 0.303 e. The average Bonchev–Trinajstić information content (AvgIpc) is 2.56. The van der Waals surface area contributed by atoms with Crippen molar-refractivity contribution in [1.29, 1.82) is 0 Å². The van der Waals surface area contributed by atoms with Crippen molar-refractivity contribution < 1.29 is 29.6 Å². The van der Waals surface area contributed by atoms with Gasteiger partial charge in [-0.2, -0.15) is 0 Å².